The van der Waals surface area contributed by atoms with E-state index >= 15 is 0 Å². The van der Waals surface area contributed by atoms with Crippen LogP contribution in [-0.2, 0) is 4.79 Å². The van der Waals surface area contributed by atoms with Crippen molar-refractivity contribution in [3.05, 3.63) is 18.5 Å². The van der Waals surface area contributed by atoms with Gasteiger partial charge in [0.25, 0.3) is 0 Å². The summed E-state index contributed by atoms with van der Waals surface area (Å²) in [6.45, 7) is 6.06. The zero-order chi connectivity index (χ0) is 12.7. The van der Waals surface area contributed by atoms with Gasteiger partial charge in [-0.15, -0.1) is 0 Å². The molecular weight excluding hydrogens is 216 g/mol. The number of nitrogens with two attached hydrogens (primary N) is 1. The minimum absolute atomic E-state index is 0.162. The molecule has 1 aromatic heterocycles. The number of hydrogen-bond donors (Lipinski definition) is 2. The number of hydrogen-bond acceptors (Lipinski definition) is 4. The van der Waals surface area contributed by atoms with Crippen molar-refractivity contribution < 1.29 is 4.79 Å². The van der Waals surface area contributed by atoms with Crippen molar-refractivity contribution in [2.75, 3.05) is 30.7 Å². The molecule has 0 radical (unpaired) electrons. The second kappa shape index (κ2) is 6.73. The summed E-state index contributed by atoms with van der Waals surface area (Å²) >= 11 is 0. The molecule has 0 unspecified atom stereocenters. The first-order valence-electron chi connectivity index (χ1n) is 5.90. The quantitative estimate of drug-likeness (QED) is 0.781. The molecule has 0 atom stereocenters. The summed E-state index contributed by atoms with van der Waals surface area (Å²) < 4.78 is 0. The fourth-order valence-electron chi connectivity index (χ4n) is 1.61. The molecule has 1 aromatic rings. The average Bonchev–Trinajstić information content (AvgIpc) is 2.33. The maximum atomic E-state index is 11.7. The molecule has 94 valence electrons. The van der Waals surface area contributed by atoms with Gasteiger partial charge in [-0.3, -0.25) is 9.78 Å². The molecule has 0 bridgehead atoms. The second-order valence-electron chi connectivity index (χ2n) is 3.71. The molecule has 3 N–H and O–H groups in total. The summed E-state index contributed by atoms with van der Waals surface area (Å²) in [5.74, 6) is 0.162. The van der Waals surface area contributed by atoms with E-state index in [1.807, 2.05) is 18.7 Å². The van der Waals surface area contributed by atoms with Crippen LogP contribution in [0.15, 0.2) is 18.5 Å². The van der Waals surface area contributed by atoms with Gasteiger partial charge in [-0.1, -0.05) is 0 Å². The van der Waals surface area contributed by atoms with E-state index in [1.165, 1.54) is 0 Å². The highest BCUT2D eigenvalue weighted by Gasteiger charge is 2.08. The smallest absolute Gasteiger partial charge is 0.224 e. The number of nitrogens with one attached hydrogen (secondary N) is 1. The van der Waals surface area contributed by atoms with E-state index in [1.54, 1.807) is 18.5 Å². The Morgan fingerprint density at radius 2 is 2.18 bits per heavy atom. The van der Waals surface area contributed by atoms with Crippen molar-refractivity contribution in [1.82, 2.24) is 9.88 Å². The van der Waals surface area contributed by atoms with Gasteiger partial charge in [0.2, 0.25) is 5.91 Å². The van der Waals surface area contributed by atoms with Crippen LogP contribution in [0.5, 0.6) is 0 Å². The molecule has 0 aliphatic carbocycles. The predicted octanol–water partition coefficient (Wildman–Crippen LogP) is 1.33. The Labute approximate surface area is 102 Å². The average molecular weight is 236 g/mol. The van der Waals surface area contributed by atoms with Crippen molar-refractivity contribution in [3.8, 4) is 0 Å². The van der Waals surface area contributed by atoms with Crippen LogP contribution < -0.4 is 11.1 Å². The highest BCUT2D eigenvalue weighted by Crippen LogP contribution is 2.14. The molecule has 5 heteroatoms. The molecule has 0 fully saturated rings. The van der Waals surface area contributed by atoms with Crippen LogP contribution in [0, 0.1) is 0 Å². The monoisotopic (exact) mass is 236 g/mol. The molecule has 17 heavy (non-hydrogen) atoms. The lowest BCUT2D eigenvalue weighted by Crippen LogP contribution is -2.31. The van der Waals surface area contributed by atoms with Crippen LogP contribution in [0.2, 0.25) is 0 Å². The minimum atomic E-state index is 0.162. The largest absolute Gasteiger partial charge is 0.396 e. The van der Waals surface area contributed by atoms with Crippen LogP contribution in [0.3, 0.4) is 0 Å². The van der Waals surface area contributed by atoms with E-state index in [-0.39, 0.29) is 5.91 Å². The van der Waals surface area contributed by atoms with Crippen molar-refractivity contribution in [1.29, 1.82) is 0 Å². The van der Waals surface area contributed by atoms with E-state index in [2.05, 4.69) is 10.3 Å². The fourth-order valence-corrected chi connectivity index (χ4v) is 1.61. The minimum Gasteiger partial charge on any atom is -0.396 e. The summed E-state index contributed by atoms with van der Waals surface area (Å²) in [6.07, 6.45) is 3.74. The van der Waals surface area contributed by atoms with E-state index in [0.29, 0.717) is 18.7 Å². The summed E-state index contributed by atoms with van der Waals surface area (Å²) in [5.41, 5.74) is 7.16. The summed E-state index contributed by atoms with van der Waals surface area (Å²) in [6, 6.07) is 1.80. The lowest BCUT2D eigenvalue weighted by Gasteiger charge is -2.18. The zero-order valence-corrected chi connectivity index (χ0v) is 10.4. The van der Waals surface area contributed by atoms with E-state index in [9.17, 15) is 4.79 Å². The van der Waals surface area contributed by atoms with Crippen molar-refractivity contribution in [2.24, 2.45) is 0 Å². The van der Waals surface area contributed by atoms with Gasteiger partial charge in [0, 0.05) is 32.3 Å². The number of carbonyl (C=O) groups is 1. The Kier molecular flexibility index (Phi) is 5.26. The number of carbonyl (C=O) groups excluding carboxylic acids is 1. The number of rotatable bonds is 6. The van der Waals surface area contributed by atoms with Crippen molar-refractivity contribution >= 4 is 17.3 Å². The van der Waals surface area contributed by atoms with Gasteiger partial charge in [0.05, 0.1) is 17.6 Å². The van der Waals surface area contributed by atoms with Crippen LogP contribution >= 0.6 is 0 Å². The molecule has 0 aromatic carbocycles. The molecule has 1 amide bonds. The third kappa shape index (κ3) is 3.94. The zero-order valence-electron chi connectivity index (χ0n) is 10.4. The first kappa shape index (κ1) is 13.3. The summed E-state index contributed by atoms with van der Waals surface area (Å²) in [4.78, 5) is 17.4. The number of pyridine rings is 1. The first-order valence-corrected chi connectivity index (χ1v) is 5.90. The highest BCUT2D eigenvalue weighted by atomic mass is 16.2. The van der Waals surface area contributed by atoms with Gasteiger partial charge in [-0.25, -0.2) is 0 Å². The highest BCUT2D eigenvalue weighted by molar-refractivity contribution is 5.77. The standard InChI is InChI=1S/C12H20N4O/c1-3-16(4-2)12(17)6-8-15-11-5-7-14-9-10(11)13/h5,7,9H,3-4,6,8,13H2,1-2H3,(H,14,15). The molecule has 0 aliphatic rings. The van der Waals surface area contributed by atoms with Gasteiger partial charge in [-0.2, -0.15) is 0 Å². The molecule has 1 rings (SSSR count). The molecular formula is C12H20N4O. The second-order valence-corrected chi connectivity index (χ2v) is 3.71. The topological polar surface area (TPSA) is 71.2 Å². The fraction of sp³-hybridized carbons (Fsp3) is 0.500. The van der Waals surface area contributed by atoms with Gasteiger partial charge in [0.1, 0.15) is 0 Å². The van der Waals surface area contributed by atoms with Gasteiger partial charge in [0.15, 0.2) is 0 Å². The Hall–Kier alpha value is -1.78. The molecule has 0 saturated carbocycles. The van der Waals surface area contributed by atoms with Gasteiger partial charge < -0.3 is 16.0 Å². The number of anilines is 2. The summed E-state index contributed by atoms with van der Waals surface area (Å²) in [7, 11) is 0. The maximum absolute atomic E-state index is 11.7. The van der Waals surface area contributed by atoms with Crippen LogP contribution in [0.1, 0.15) is 20.3 Å². The van der Waals surface area contributed by atoms with E-state index in [4.69, 9.17) is 5.73 Å². The lowest BCUT2D eigenvalue weighted by molar-refractivity contribution is -0.130. The van der Waals surface area contributed by atoms with Crippen LogP contribution in [0.25, 0.3) is 0 Å². The number of aromatic nitrogens is 1. The normalized spacial score (nSPS) is 10.0. The Morgan fingerprint density at radius 3 is 2.76 bits per heavy atom. The molecule has 0 spiro atoms. The summed E-state index contributed by atoms with van der Waals surface area (Å²) in [5, 5.41) is 3.13. The van der Waals surface area contributed by atoms with Crippen molar-refractivity contribution in [2.45, 2.75) is 20.3 Å². The number of nitrogen functional groups attached to an aromatic ring is 1. The Bertz CT molecular complexity index is 363. The third-order valence-corrected chi connectivity index (χ3v) is 2.62. The number of nitrogens with zero attached hydrogens (tertiary/aromatic N) is 2. The van der Waals surface area contributed by atoms with E-state index in [0.717, 1.165) is 18.8 Å². The Morgan fingerprint density at radius 1 is 1.47 bits per heavy atom. The Balaban J connectivity index is 2.38. The predicted molar refractivity (Wildman–Crippen MR) is 69.7 cm³/mol. The van der Waals surface area contributed by atoms with Gasteiger partial charge in [-0.05, 0) is 19.9 Å². The maximum Gasteiger partial charge on any atom is 0.224 e. The van der Waals surface area contributed by atoms with Crippen LogP contribution in [0.4, 0.5) is 11.4 Å². The van der Waals surface area contributed by atoms with Crippen LogP contribution in [-0.4, -0.2) is 35.4 Å². The van der Waals surface area contributed by atoms with Crippen molar-refractivity contribution in [3.63, 3.8) is 0 Å². The lowest BCUT2D eigenvalue weighted by atomic mass is 10.3. The third-order valence-electron chi connectivity index (χ3n) is 2.62. The SMILES string of the molecule is CCN(CC)C(=O)CCNc1ccncc1N. The first-order chi connectivity index (χ1) is 8.19. The molecule has 0 aliphatic heterocycles. The van der Waals surface area contributed by atoms with Gasteiger partial charge >= 0.3 is 0 Å². The van der Waals surface area contributed by atoms with E-state index < -0.39 is 0 Å². The molecule has 0 saturated heterocycles. The number of amides is 1. The molecule has 1 heterocycles. The molecule has 5 nitrogen and oxygen atoms in total.